The Hall–Kier alpha value is -1.56. The zero-order valence-corrected chi connectivity index (χ0v) is 9.43. The van der Waals surface area contributed by atoms with E-state index in [9.17, 15) is 18.0 Å². The minimum Gasteiger partial charge on any atom is -0.324 e. The highest BCUT2D eigenvalue weighted by atomic mass is 19.4. The zero-order valence-electron chi connectivity index (χ0n) is 9.43. The average Bonchev–Trinajstić information content (AvgIpc) is 2.15. The molecule has 0 radical (unpaired) electrons. The molecule has 0 spiro atoms. The van der Waals surface area contributed by atoms with Gasteiger partial charge in [-0.05, 0) is 31.5 Å². The molecule has 1 aromatic rings. The van der Waals surface area contributed by atoms with Crippen molar-refractivity contribution in [3.8, 4) is 0 Å². The summed E-state index contributed by atoms with van der Waals surface area (Å²) >= 11 is 0. The molecular formula is C11H13F3N2O. The van der Waals surface area contributed by atoms with Gasteiger partial charge in [-0.2, -0.15) is 13.2 Å². The maximum absolute atomic E-state index is 12.5. The minimum absolute atomic E-state index is 0.288. The Morgan fingerprint density at radius 2 is 1.94 bits per heavy atom. The van der Waals surface area contributed by atoms with E-state index in [-0.39, 0.29) is 5.69 Å². The Kier molecular flexibility index (Phi) is 3.47. The van der Waals surface area contributed by atoms with E-state index in [2.05, 4.69) is 5.32 Å². The molecule has 0 fully saturated rings. The number of rotatable bonds is 2. The normalized spacial score (nSPS) is 15.2. The molecule has 1 unspecified atom stereocenters. The molecule has 0 aromatic heterocycles. The summed E-state index contributed by atoms with van der Waals surface area (Å²) in [5, 5.41) is 2.15. The molecule has 0 saturated carbocycles. The van der Waals surface area contributed by atoms with Crippen LogP contribution in [-0.2, 0) is 4.79 Å². The van der Waals surface area contributed by atoms with Crippen molar-refractivity contribution in [2.45, 2.75) is 25.6 Å². The van der Waals surface area contributed by atoms with E-state index in [0.717, 1.165) is 5.56 Å². The van der Waals surface area contributed by atoms with Crippen LogP contribution < -0.4 is 11.1 Å². The van der Waals surface area contributed by atoms with Crippen molar-refractivity contribution < 1.29 is 18.0 Å². The number of hydrogen-bond acceptors (Lipinski definition) is 2. The third-order valence-corrected chi connectivity index (χ3v) is 2.34. The molecule has 0 bridgehead atoms. The summed E-state index contributed by atoms with van der Waals surface area (Å²) < 4.78 is 37.4. The third-order valence-electron chi connectivity index (χ3n) is 2.34. The van der Waals surface area contributed by atoms with Crippen LogP contribution in [0.1, 0.15) is 12.5 Å². The molecule has 1 rings (SSSR count). The van der Waals surface area contributed by atoms with Crippen molar-refractivity contribution in [3.05, 3.63) is 29.8 Å². The highest BCUT2D eigenvalue weighted by molar-refractivity contribution is 5.98. The zero-order chi connectivity index (χ0) is 13.3. The first-order valence-electron chi connectivity index (χ1n) is 4.88. The lowest BCUT2D eigenvalue weighted by Crippen LogP contribution is -2.59. The summed E-state index contributed by atoms with van der Waals surface area (Å²) in [6.45, 7) is 2.40. The van der Waals surface area contributed by atoms with Gasteiger partial charge in [-0.3, -0.25) is 4.79 Å². The number of nitrogens with two attached hydrogens (primary N) is 1. The predicted molar refractivity (Wildman–Crippen MR) is 58.5 cm³/mol. The number of benzene rings is 1. The lowest BCUT2D eigenvalue weighted by atomic mass is 10.0. The van der Waals surface area contributed by atoms with Crippen molar-refractivity contribution >= 4 is 11.6 Å². The number of nitrogens with one attached hydrogen (secondary N) is 1. The highest BCUT2D eigenvalue weighted by Crippen LogP contribution is 2.29. The molecule has 3 nitrogen and oxygen atoms in total. The molecule has 17 heavy (non-hydrogen) atoms. The van der Waals surface area contributed by atoms with Crippen LogP contribution in [-0.4, -0.2) is 17.6 Å². The fourth-order valence-electron chi connectivity index (χ4n) is 1.11. The maximum atomic E-state index is 12.5. The third kappa shape index (κ3) is 2.97. The van der Waals surface area contributed by atoms with Crippen LogP contribution in [0.3, 0.4) is 0 Å². The van der Waals surface area contributed by atoms with Gasteiger partial charge in [0.1, 0.15) is 0 Å². The van der Waals surface area contributed by atoms with Gasteiger partial charge in [0.05, 0.1) is 0 Å². The van der Waals surface area contributed by atoms with Crippen molar-refractivity contribution in [3.63, 3.8) is 0 Å². The quantitative estimate of drug-likeness (QED) is 0.840. The lowest BCUT2D eigenvalue weighted by Gasteiger charge is -2.26. The van der Waals surface area contributed by atoms with Crippen LogP contribution >= 0.6 is 0 Å². The second-order valence-corrected chi connectivity index (χ2v) is 4.02. The number of hydrogen-bond donors (Lipinski definition) is 2. The van der Waals surface area contributed by atoms with E-state index < -0.39 is 17.6 Å². The summed E-state index contributed by atoms with van der Waals surface area (Å²) in [7, 11) is 0. The van der Waals surface area contributed by atoms with Gasteiger partial charge in [0, 0.05) is 5.69 Å². The Morgan fingerprint density at radius 1 is 1.35 bits per heavy atom. The largest absolute Gasteiger partial charge is 0.415 e. The van der Waals surface area contributed by atoms with Gasteiger partial charge in [-0.15, -0.1) is 0 Å². The molecule has 0 heterocycles. The molecule has 0 aliphatic rings. The van der Waals surface area contributed by atoms with Gasteiger partial charge in [0.2, 0.25) is 0 Å². The van der Waals surface area contributed by atoms with Crippen LogP contribution in [0.5, 0.6) is 0 Å². The number of anilines is 1. The molecule has 1 atom stereocenters. The molecule has 6 heteroatoms. The second kappa shape index (κ2) is 4.37. The van der Waals surface area contributed by atoms with Gasteiger partial charge >= 0.3 is 6.18 Å². The molecular weight excluding hydrogens is 233 g/mol. The van der Waals surface area contributed by atoms with E-state index in [0.29, 0.717) is 6.92 Å². The van der Waals surface area contributed by atoms with E-state index >= 15 is 0 Å². The summed E-state index contributed by atoms with van der Waals surface area (Å²) in [5.41, 5.74) is 3.20. The minimum atomic E-state index is -4.79. The van der Waals surface area contributed by atoms with E-state index in [1.807, 2.05) is 0 Å². The van der Waals surface area contributed by atoms with Crippen LogP contribution in [0.4, 0.5) is 18.9 Å². The topological polar surface area (TPSA) is 55.1 Å². The second-order valence-electron chi connectivity index (χ2n) is 4.02. The van der Waals surface area contributed by atoms with Crippen LogP contribution in [0, 0.1) is 6.92 Å². The molecule has 1 amide bonds. The van der Waals surface area contributed by atoms with E-state index in [1.54, 1.807) is 25.1 Å². The van der Waals surface area contributed by atoms with Crippen LogP contribution in [0.2, 0.25) is 0 Å². The first-order chi connectivity index (χ1) is 7.64. The van der Waals surface area contributed by atoms with E-state index in [1.165, 1.54) is 6.07 Å². The fraction of sp³-hybridized carbons (Fsp3) is 0.364. The van der Waals surface area contributed by atoms with Gasteiger partial charge in [-0.1, -0.05) is 12.1 Å². The summed E-state index contributed by atoms with van der Waals surface area (Å²) in [4.78, 5) is 11.4. The summed E-state index contributed by atoms with van der Waals surface area (Å²) in [5.74, 6) is -1.28. The first kappa shape index (κ1) is 13.5. The lowest BCUT2D eigenvalue weighted by molar-refractivity contribution is -0.184. The van der Waals surface area contributed by atoms with Crippen molar-refractivity contribution in [1.29, 1.82) is 0 Å². The standard InChI is InChI=1S/C11H13F3N2O/c1-7-4-3-5-8(6-7)16-9(17)10(2,15)11(12,13)14/h3-6H,15H2,1-2H3,(H,16,17). The highest BCUT2D eigenvalue weighted by Gasteiger charge is 2.53. The Balaban J connectivity index is 2.87. The predicted octanol–water partition coefficient (Wildman–Crippen LogP) is 2.21. The molecule has 0 aliphatic carbocycles. The number of halogens is 3. The Bertz CT molecular complexity index is 427. The molecule has 0 saturated heterocycles. The molecule has 1 aromatic carbocycles. The van der Waals surface area contributed by atoms with Crippen molar-refractivity contribution in [2.75, 3.05) is 5.32 Å². The number of amides is 1. The Morgan fingerprint density at radius 3 is 2.41 bits per heavy atom. The average molecular weight is 246 g/mol. The van der Waals surface area contributed by atoms with Crippen molar-refractivity contribution in [1.82, 2.24) is 0 Å². The van der Waals surface area contributed by atoms with E-state index in [4.69, 9.17) is 5.73 Å². The van der Waals surface area contributed by atoms with Crippen molar-refractivity contribution in [2.24, 2.45) is 5.73 Å². The monoisotopic (exact) mass is 246 g/mol. The van der Waals surface area contributed by atoms with Gasteiger partial charge in [0.15, 0.2) is 5.54 Å². The summed E-state index contributed by atoms with van der Waals surface area (Å²) in [6, 6.07) is 6.45. The first-order valence-corrected chi connectivity index (χ1v) is 4.88. The molecule has 3 N–H and O–H groups in total. The SMILES string of the molecule is Cc1cccc(NC(=O)C(C)(N)C(F)(F)F)c1. The summed E-state index contributed by atoms with van der Waals surface area (Å²) in [6.07, 6.45) is -4.79. The molecule has 94 valence electrons. The van der Waals surface area contributed by atoms with Crippen LogP contribution in [0.15, 0.2) is 24.3 Å². The van der Waals surface area contributed by atoms with Gasteiger partial charge in [-0.25, -0.2) is 0 Å². The fourth-order valence-corrected chi connectivity index (χ4v) is 1.11. The number of alkyl halides is 3. The Labute approximate surface area is 96.8 Å². The number of carbonyl (C=O) groups is 1. The van der Waals surface area contributed by atoms with Crippen LogP contribution in [0.25, 0.3) is 0 Å². The van der Waals surface area contributed by atoms with Gasteiger partial charge < -0.3 is 11.1 Å². The smallest absolute Gasteiger partial charge is 0.324 e. The number of aryl methyl sites for hydroxylation is 1. The number of carbonyl (C=O) groups excluding carboxylic acids is 1. The van der Waals surface area contributed by atoms with Gasteiger partial charge in [0.25, 0.3) is 5.91 Å². The maximum Gasteiger partial charge on any atom is 0.415 e. The molecule has 0 aliphatic heterocycles.